The molecule has 2 rings (SSSR count). The van der Waals surface area contributed by atoms with Crippen LogP contribution >= 0.6 is 0 Å². The third-order valence-corrected chi connectivity index (χ3v) is 3.73. The van der Waals surface area contributed by atoms with Gasteiger partial charge in [-0.1, -0.05) is 57.2 Å². The van der Waals surface area contributed by atoms with Crippen LogP contribution < -0.4 is 5.73 Å². The van der Waals surface area contributed by atoms with Crippen LogP contribution in [0.15, 0.2) is 42.5 Å². The maximum absolute atomic E-state index is 6.40. The fourth-order valence-corrected chi connectivity index (χ4v) is 2.67. The largest absolute Gasteiger partial charge is 0.323 e. The van der Waals surface area contributed by atoms with Gasteiger partial charge in [0.1, 0.15) is 0 Å². The minimum Gasteiger partial charge on any atom is -0.323 e. The van der Waals surface area contributed by atoms with Crippen LogP contribution in [0.5, 0.6) is 0 Å². The Balaban J connectivity index is 2.11. The van der Waals surface area contributed by atoms with Gasteiger partial charge in [0.2, 0.25) is 0 Å². The van der Waals surface area contributed by atoms with Crippen LogP contribution in [0.1, 0.15) is 32.4 Å². The zero-order valence-corrected chi connectivity index (χ0v) is 12.8. The van der Waals surface area contributed by atoms with E-state index in [9.17, 15) is 0 Å². The van der Waals surface area contributed by atoms with Gasteiger partial charge in [-0.05, 0) is 34.9 Å². The molecule has 2 aromatic carbocycles. The van der Waals surface area contributed by atoms with E-state index in [1.54, 1.807) is 0 Å². The predicted octanol–water partition coefficient (Wildman–Crippen LogP) is 3.82. The van der Waals surface area contributed by atoms with Gasteiger partial charge in [-0.3, -0.25) is 0 Å². The Kier molecular flexibility index (Phi) is 5.16. The summed E-state index contributed by atoms with van der Waals surface area (Å²) in [6, 6.07) is 15.1. The lowest BCUT2D eigenvalue weighted by Crippen LogP contribution is -2.34. The Labute approximate surface area is 122 Å². The number of nitrogens with zero attached hydrogens (tertiary/aromatic N) is 1. The Morgan fingerprint density at radius 2 is 1.70 bits per heavy atom. The van der Waals surface area contributed by atoms with Crippen molar-refractivity contribution in [2.45, 2.75) is 26.8 Å². The van der Waals surface area contributed by atoms with Crippen molar-refractivity contribution < 1.29 is 0 Å². The van der Waals surface area contributed by atoms with Gasteiger partial charge < -0.3 is 10.6 Å². The molecule has 0 heterocycles. The molecule has 0 aliphatic rings. The second-order valence-corrected chi connectivity index (χ2v) is 5.96. The molecule has 0 spiro atoms. The Morgan fingerprint density at radius 1 is 1.00 bits per heavy atom. The van der Waals surface area contributed by atoms with E-state index in [2.05, 4.69) is 68.1 Å². The van der Waals surface area contributed by atoms with Crippen molar-refractivity contribution >= 4 is 10.8 Å². The molecule has 0 radical (unpaired) electrons. The molecular weight excluding hydrogens is 244 g/mol. The number of benzene rings is 2. The highest BCUT2D eigenvalue weighted by Crippen LogP contribution is 2.20. The summed E-state index contributed by atoms with van der Waals surface area (Å²) in [5.74, 6) is 0.679. The summed E-state index contributed by atoms with van der Waals surface area (Å²) in [7, 11) is 0. The summed E-state index contributed by atoms with van der Waals surface area (Å²) in [5.41, 5.74) is 7.62. The van der Waals surface area contributed by atoms with Crippen LogP contribution in [0.2, 0.25) is 0 Å². The molecule has 0 saturated carbocycles. The molecule has 1 atom stereocenters. The van der Waals surface area contributed by atoms with Crippen LogP contribution in [-0.2, 0) is 0 Å². The minimum atomic E-state index is 0.0818. The molecule has 0 aliphatic heterocycles. The summed E-state index contributed by atoms with van der Waals surface area (Å²) < 4.78 is 0. The molecular formula is C18H26N2. The molecule has 2 N–H and O–H groups in total. The Morgan fingerprint density at radius 3 is 2.35 bits per heavy atom. The lowest BCUT2D eigenvalue weighted by Gasteiger charge is -2.26. The molecule has 0 amide bonds. The number of nitrogens with two attached hydrogens (primary N) is 1. The number of hydrogen-bond donors (Lipinski definition) is 1. The molecule has 2 nitrogen and oxygen atoms in total. The van der Waals surface area contributed by atoms with Gasteiger partial charge in [0.25, 0.3) is 0 Å². The number of likely N-dealkylation sites (N-methyl/N-ethyl adjacent to an activating group) is 1. The van der Waals surface area contributed by atoms with Crippen LogP contribution in [0.25, 0.3) is 10.8 Å². The molecule has 2 heteroatoms. The molecule has 0 fully saturated rings. The van der Waals surface area contributed by atoms with Gasteiger partial charge in [-0.2, -0.15) is 0 Å². The van der Waals surface area contributed by atoms with Gasteiger partial charge in [0.15, 0.2) is 0 Å². The van der Waals surface area contributed by atoms with Gasteiger partial charge in [-0.25, -0.2) is 0 Å². The van der Waals surface area contributed by atoms with E-state index >= 15 is 0 Å². The van der Waals surface area contributed by atoms with Gasteiger partial charge in [-0.15, -0.1) is 0 Å². The van der Waals surface area contributed by atoms with E-state index < -0.39 is 0 Å². The quantitative estimate of drug-likeness (QED) is 0.864. The summed E-state index contributed by atoms with van der Waals surface area (Å²) in [4.78, 5) is 2.44. The molecule has 1 unspecified atom stereocenters. The third-order valence-electron chi connectivity index (χ3n) is 3.73. The first kappa shape index (κ1) is 15.0. The molecule has 0 aromatic heterocycles. The lowest BCUT2D eigenvalue weighted by atomic mass is 10.0. The molecule has 108 valence electrons. The average molecular weight is 270 g/mol. The highest BCUT2D eigenvalue weighted by atomic mass is 15.1. The Bertz CT molecular complexity index is 548. The average Bonchev–Trinajstić information content (AvgIpc) is 2.45. The smallest absolute Gasteiger partial charge is 0.0424 e. The van der Waals surface area contributed by atoms with Crippen molar-refractivity contribution in [3.8, 4) is 0 Å². The third kappa shape index (κ3) is 3.81. The van der Waals surface area contributed by atoms with Crippen LogP contribution in [0, 0.1) is 5.92 Å². The molecule has 0 aliphatic carbocycles. The van der Waals surface area contributed by atoms with Crippen molar-refractivity contribution in [3.05, 3.63) is 48.0 Å². The van der Waals surface area contributed by atoms with Crippen LogP contribution in [0.4, 0.5) is 0 Å². The first-order valence-electron chi connectivity index (χ1n) is 7.56. The predicted molar refractivity (Wildman–Crippen MR) is 87.8 cm³/mol. The van der Waals surface area contributed by atoms with Crippen molar-refractivity contribution in [2.24, 2.45) is 11.7 Å². The fraction of sp³-hybridized carbons (Fsp3) is 0.444. The van der Waals surface area contributed by atoms with Crippen molar-refractivity contribution in [2.75, 3.05) is 19.6 Å². The molecule has 0 saturated heterocycles. The number of hydrogen-bond acceptors (Lipinski definition) is 2. The van der Waals surface area contributed by atoms with E-state index in [0.717, 1.165) is 19.6 Å². The lowest BCUT2D eigenvalue weighted by molar-refractivity contribution is 0.242. The molecule has 0 bridgehead atoms. The monoisotopic (exact) mass is 270 g/mol. The minimum absolute atomic E-state index is 0.0818. The maximum Gasteiger partial charge on any atom is 0.0424 e. The van der Waals surface area contributed by atoms with Gasteiger partial charge in [0.05, 0.1) is 0 Å². The highest BCUT2D eigenvalue weighted by molar-refractivity contribution is 5.83. The van der Waals surface area contributed by atoms with Crippen molar-refractivity contribution in [3.63, 3.8) is 0 Å². The van der Waals surface area contributed by atoms with Crippen molar-refractivity contribution in [1.82, 2.24) is 4.90 Å². The van der Waals surface area contributed by atoms with E-state index in [4.69, 9.17) is 5.73 Å². The number of rotatable bonds is 6. The second-order valence-electron chi connectivity index (χ2n) is 5.96. The maximum atomic E-state index is 6.40. The van der Waals surface area contributed by atoms with Gasteiger partial charge in [0, 0.05) is 19.1 Å². The van der Waals surface area contributed by atoms with Crippen LogP contribution in [-0.4, -0.2) is 24.5 Å². The van der Waals surface area contributed by atoms with E-state index in [1.807, 2.05) is 0 Å². The summed E-state index contributed by atoms with van der Waals surface area (Å²) in [6.45, 7) is 9.80. The summed E-state index contributed by atoms with van der Waals surface area (Å²) in [6.07, 6.45) is 0. The number of fused-ring (bicyclic) bond motifs is 1. The molecule has 20 heavy (non-hydrogen) atoms. The van der Waals surface area contributed by atoms with E-state index in [1.165, 1.54) is 16.3 Å². The first-order chi connectivity index (χ1) is 9.60. The van der Waals surface area contributed by atoms with Crippen LogP contribution in [0.3, 0.4) is 0 Å². The second kappa shape index (κ2) is 6.87. The SMILES string of the molecule is CCN(CC(C)C)CC(N)c1ccc2ccccc2c1. The highest BCUT2D eigenvalue weighted by Gasteiger charge is 2.12. The zero-order chi connectivity index (χ0) is 14.5. The topological polar surface area (TPSA) is 29.3 Å². The normalized spacial score (nSPS) is 13.3. The standard InChI is InChI=1S/C18H26N2/c1-4-20(12-14(2)3)13-18(19)17-10-9-15-7-5-6-8-16(15)11-17/h5-11,14,18H,4,12-13,19H2,1-3H3. The molecule has 2 aromatic rings. The fourth-order valence-electron chi connectivity index (χ4n) is 2.67. The summed E-state index contributed by atoms with van der Waals surface area (Å²) in [5, 5.41) is 2.55. The van der Waals surface area contributed by atoms with E-state index in [-0.39, 0.29) is 6.04 Å². The summed E-state index contributed by atoms with van der Waals surface area (Å²) >= 11 is 0. The van der Waals surface area contributed by atoms with Crippen molar-refractivity contribution in [1.29, 1.82) is 0 Å². The zero-order valence-electron chi connectivity index (χ0n) is 12.8. The first-order valence-corrected chi connectivity index (χ1v) is 7.56. The van der Waals surface area contributed by atoms with E-state index in [0.29, 0.717) is 5.92 Å². The van der Waals surface area contributed by atoms with Gasteiger partial charge >= 0.3 is 0 Å². The Hall–Kier alpha value is -1.38.